The lowest BCUT2D eigenvalue weighted by molar-refractivity contribution is 0.598. The number of halogens is 1. The third-order valence-corrected chi connectivity index (χ3v) is 4.09. The van der Waals surface area contributed by atoms with Crippen molar-refractivity contribution in [2.45, 2.75) is 13.0 Å². The molecule has 0 fully saturated rings. The van der Waals surface area contributed by atoms with E-state index < -0.39 is 9.84 Å². The lowest BCUT2D eigenvalue weighted by Gasteiger charge is -2.18. The third-order valence-electron chi connectivity index (χ3n) is 2.67. The fourth-order valence-electron chi connectivity index (χ4n) is 2.03. The summed E-state index contributed by atoms with van der Waals surface area (Å²) in [5.41, 5.74) is 1.46. The maximum atomic E-state index is 11.3. The molecule has 1 N–H and O–H groups in total. The number of sulfone groups is 1. The van der Waals surface area contributed by atoms with E-state index in [1.807, 2.05) is 19.1 Å². The Bertz CT molecular complexity index is 684. The molecular formula is C13H16ClN3O2S. The molecule has 7 heteroatoms. The van der Waals surface area contributed by atoms with E-state index in [9.17, 15) is 8.42 Å². The average Bonchev–Trinajstić information content (AvgIpc) is 2.79. The molecule has 1 atom stereocenters. The molecule has 0 amide bonds. The Morgan fingerprint density at radius 3 is 2.75 bits per heavy atom. The van der Waals surface area contributed by atoms with E-state index >= 15 is 0 Å². The minimum Gasteiger partial charge on any atom is -0.380 e. The fraction of sp³-hybridized carbons (Fsp3) is 0.308. The number of hydrogen-bond acceptors (Lipinski definition) is 4. The van der Waals surface area contributed by atoms with Crippen LogP contribution in [0.15, 0.2) is 36.7 Å². The Hall–Kier alpha value is -1.53. The monoisotopic (exact) mass is 313 g/mol. The van der Waals surface area contributed by atoms with Gasteiger partial charge in [-0.05, 0) is 25.1 Å². The quantitative estimate of drug-likeness (QED) is 0.920. The molecule has 0 saturated carbocycles. The van der Waals surface area contributed by atoms with Crippen molar-refractivity contribution in [3.63, 3.8) is 0 Å². The topological polar surface area (TPSA) is 64.0 Å². The van der Waals surface area contributed by atoms with Gasteiger partial charge in [0.25, 0.3) is 0 Å². The Balaban J connectivity index is 2.31. The van der Waals surface area contributed by atoms with Crippen LogP contribution in [0.25, 0.3) is 5.69 Å². The van der Waals surface area contributed by atoms with Crippen molar-refractivity contribution in [2.24, 2.45) is 0 Å². The van der Waals surface area contributed by atoms with E-state index in [1.165, 1.54) is 6.26 Å². The number of aromatic nitrogens is 2. The summed E-state index contributed by atoms with van der Waals surface area (Å²) in [4.78, 5) is 0. The zero-order chi connectivity index (χ0) is 14.8. The molecule has 1 heterocycles. The van der Waals surface area contributed by atoms with Gasteiger partial charge in [-0.2, -0.15) is 5.10 Å². The van der Waals surface area contributed by atoms with E-state index in [4.69, 9.17) is 11.6 Å². The molecule has 0 saturated heterocycles. The summed E-state index contributed by atoms with van der Waals surface area (Å²) in [5, 5.41) is 7.88. The van der Waals surface area contributed by atoms with Crippen molar-refractivity contribution in [3.05, 3.63) is 41.7 Å². The second-order valence-corrected chi connectivity index (χ2v) is 7.32. The predicted molar refractivity (Wildman–Crippen MR) is 81.4 cm³/mol. The Morgan fingerprint density at radius 1 is 1.40 bits per heavy atom. The lowest BCUT2D eigenvalue weighted by atomic mass is 10.2. The van der Waals surface area contributed by atoms with E-state index in [2.05, 4.69) is 10.4 Å². The SMILES string of the molecule is CC(CS(C)(=O)=O)Nc1cccc(Cl)c1-n1cccn1. The Morgan fingerprint density at radius 2 is 2.15 bits per heavy atom. The highest BCUT2D eigenvalue weighted by Gasteiger charge is 2.14. The van der Waals surface area contributed by atoms with Crippen LogP contribution in [0, 0.1) is 0 Å². The third kappa shape index (κ3) is 3.74. The van der Waals surface area contributed by atoms with Gasteiger partial charge in [-0.3, -0.25) is 0 Å². The summed E-state index contributed by atoms with van der Waals surface area (Å²) < 4.78 is 24.3. The van der Waals surface area contributed by atoms with Gasteiger partial charge in [0.2, 0.25) is 0 Å². The van der Waals surface area contributed by atoms with Crippen LogP contribution in [-0.4, -0.2) is 36.2 Å². The lowest BCUT2D eigenvalue weighted by Crippen LogP contribution is -2.25. The number of para-hydroxylation sites is 1. The largest absolute Gasteiger partial charge is 0.380 e. The number of anilines is 1. The molecule has 20 heavy (non-hydrogen) atoms. The fourth-order valence-corrected chi connectivity index (χ4v) is 3.28. The summed E-state index contributed by atoms with van der Waals surface area (Å²) in [6.07, 6.45) is 4.66. The minimum atomic E-state index is -3.04. The van der Waals surface area contributed by atoms with E-state index in [0.29, 0.717) is 10.7 Å². The second-order valence-electron chi connectivity index (χ2n) is 4.72. The highest BCUT2D eigenvalue weighted by Crippen LogP contribution is 2.28. The molecule has 2 aromatic rings. The van der Waals surface area contributed by atoms with Crippen molar-refractivity contribution in [2.75, 3.05) is 17.3 Å². The maximum absolute atomic E-state index is 11.3. The smallest absolute Gasteiger partial charge is 0.149 e. The van der Waals surface area contributed by atoms with Gasteiger partial charge in [0, 0.05) is 24.7 Å². The van der Waals surface area contributed by atoms with E-state index in [0.717, 1.165) is 5.69 Å². The van der Waals surface area contributed by atoms with Crippen LogP contribution in [0.3, 0.4) is 0 Å². The maximum Gasteiger partial charge on any atom is 0.149 e. The highest BCUT2D eigenvalue weighted by molar-refractivity contribution is 7.90. The summed E-state index contributed by atoms with van der Waals surface area (Å²) in [6.45, 7) is 1.81. The molecule has 0 radical (unpaired) electrons. The van der Waals surface area contributed by atoms with Crippen molar-refractivity contribution >= 4 is 27.1 Å². The van der Waals surface area contributed by atoms with Crippen LogP contribution < -0.4 is 5.32 Å². The van der Waals surface area contributed by atoms with Gasteiger partial charge in [0.1, 0.15) is 15.5 Å². The molecule has 0 aliphatic rings. The first-order valence-corrected chi connectivity index (χ1v) is 8.53. The van der Waals surface area contributed by atoms with Crippen molar-refractivity contribution in [3.8, 4) is 5.69 Å². The number of nitrogens with zero attached hydrogens (tertiary/aromatic N) is 2. The van der Waals surface area contributed by atoms with Gasteiger partial charge < -0.3 is 5.32 Å². The zero-order valence-electron chi connectivity index (χ0n) is 11.2. The predicted octanol–water partition coefficient (Wildman–Crippen LogP) is 2.37. The van der Waals surface area contributed by atoms with Crippen LogP contribution in [0.4, 0.5) is 5.69 Å². The van der Waals surface area contributed by atoms with Gasteiger partial charge in [0.15, 0.2) is 0 Å². The minimum absolute atomic E-state index is 0.0536. The molecule has 1 unspecified atom stereocenters. The molecule has 1 aromatic heterocycles. The van der Waals surface area contributed by atoms with Crippen LogP contribution >= 0.6 is 11.6 Å². The molecular weight excluding hydrogens is 298 g/mol. The second kappa shape index (κ2) is 5.85. The average molecular weight is 314 g/mol. The molecule has 0 bridgehead atoms. The van der Waals surface area contributed by atoms with Gasteiger partial charge >= 0.3 is 0 Å². The number of rotatable bonds is 5. The summed E-state index contributed by atoms with van der Waals surface area (Å²) >= 11 is 6.22. The number of hydrogen-bond donors (Lipinski definition) is 1. The van der Waals surface area contributed by atoms with Gasteiger partial charge in [-0.1, -0.05) is 17.7 Å². The molecule has 0 spiro atoms. The van der Waals surface area contributed by atoms with Crippen LogP contribution in [0.2, 0.25) is 5.02 Å². The van der Waals surface area contributed by atoms with Crippen molar-refractivity contribution in [1.82, 2.24) is 9.78 Å². The first-order chi connectivity index (χ1) is 9.37. The van der Waals surface area contributed by atoms with Crippen LogP contribution in [-0.2, 0) is 9.84 Å². The normalized spacial score (nSPS) is 13.2. The summed E-state index contributed by atoms with van der Waals surface area (Å²) in [7, 11) is -3.04. The summed E-state index contributed by atoms with van der Waals surface area (Å²) in [6, 6.07) is 7.00. The van der Waals surface area contributed by atoms with Crippen molar-refractivity contribution in [1.29, 1.82) is 0 Å². The van der Waals surface area contributed by atoms with Crippen LogP contribution in [0.5, 0.6) is 0 Å². The first-order valence-electron chi connectivity index (χ1n) is 6.09. The summed E-state index contributed by atoms with van der Waals surface area (Å²) in [5.74, 6) is 0.0536. The molecule has 108 valence electrons. The Labute approximate surface area is 123 Å². The van der Waals surface area contributed by atoms with Gasteiger partial charge in [-0.15, -0.1) is 0 Å². The Kier molecular flexibility index (Phi) is 4.35. The molecule has 1 aromatic carbocycles. The molecule has 5 nitrogen and oxygen atoms in total. The first kappa shape index (κ1) is 14.9. The highest BCUT2D eigenvalue weighted by atomic mass is 35.5. The molecule has 0 aliphatic heterocycles. The van der Waals surface area contributed by atoms with E-state index in [-0.39, 0.29) is 11.8 Å². The standard InChI is InChI=1S/C13H16ClN3O2S/c1-10(9-20(2,18)19)16-12-6-3-5-11(14)13(12)17-8-4-7-15-17/h3-8,10,16H,9H2,1-2H3. The van der Waals surface area contributed by atoms with Crippen LogP contribution in [0.1, 0.15) is 6.92 Å². The van der Waals surface area contributed by atoms with Gasteiger partial charge in [-0.25, -0.2) is 13.1 Å². The van der Waals surface area contributed by atoms with Crippen molar-refractivity contribution < 1.29 is 8.42 Å². The number of nitrogens with one attached hydrogen (secondary N) is 1. The number of benzene rings is 1. The van der Waals surface area contributed by atoms with Gasteiger partial charge in [0.05, 0.1) is 16.5 Å². The van der Waals surface area contributed by atoms with E-state index in [1.54, 1.807) is 29.2 Å². The molecule has 0 aliphatic carbocycles. The zero-order valence-corrected chi connectivity index (χ0v) is 12.8. The molecule has 2 rings (SSSR count).